The Morgan fingerprint density at radius 2 is 1.98 bits per heavy atom. The lowest BCUT2D eigenvalue weighted by Gasteiger charge is -2.36. The Morgan fingerprint density at radius 3 is 2.65 bits per heavy atom. The summed E-state index contributed by atoms with van der Waals surface area (Å²) >= 11 is 0. The summed E-state index contributed by atoms with van der Waals surface area (Å²) in [6.45, 7) is -0.123. The molecule has 4 rings (SSSR count). The second-order valence-electron chi connectivity index (χ2n) is 10.3. The molecule has 0 bridgehead atoms. The third-order valence-electron chi connectivity index (χ3n) is 7.11. The average molecular weight is 607 g/mol. The van der Waals surface area contributed by atoms with Crippen LogP contribution in [-0.2, 0) is 11.3 Å². The van der Waals surface area contributed by atoms with Gasteiger partial charge in [0.15, 0.2) is 0 Å². The molecule has 1 aliphatic heterocycles. The Labute approximate surface area is 246 Å². The molecule has 0 aliphatic carbocycles. The van der Waals surface area contributed by atoms with Gasteiger partial charge in [-0.25, -0.2) is 9.18 Å². The highest BCUT2D eigenvalue weighted by atomic mass is 19.4. The van der Waals surface area contributed by atoms with Crippen LogP contribution < -0.4 is 15.4 Å². The predicted molar refractivity (Wildman–Crippen MR) is 155 cm³/mol. The van der Waals surface area contributed by atoms with E-state index in [9.17, 15) is 23.1 Å². The number of carboxylic acid groups (broad SMARTS) is 1. The summed E-state index contributed by atoms with van der Waals surface area (Å²) in [5.74, 6) is 4.81. The number of β-amino-alcohol motifs (C(OH)–C–C–N with tert-alkyl or cyclic N) is 1. The second kappa shape index (κ2) is 14.0. The molecule has 2 aromatic carbocycles. The number of aliphatic hydroxyl groups excluding tert-OH is 1. The van der Waals surface area contributed by atoms with Crippen LogP contribution in [0.1, 0.15) is 22.5 Å². The Morgan fingerprint density at radius 1 is 1.19 bits per heavy atom. The first kappa shape index (κ1) is 31.9. The largest absolute Gasteiger partial charge is 0.495 e. The van der Waals surface area contributed by atoms with Crippen molar-refractivity contribution >= 4 is 28.2 Å². The highest BCUT2D eigenvalue weighted by Crippen LogP contribution is 2.32. The number of hydrogen-bond acceptors (Lipinski definition) is 7. The van der Waals surface area contributed by atoms with E-state index in [1.807, 2.05) is 4.90 Å². The fourth-order valence-corrected chi connectivity index (χ4v) is 5.15. The van der Waals surface area contributed by atoms with Crippen LogP contribution >= 0.6 is 0 Å². The summed E-state index contributed by atoms with van der Waals surface area (Å²) < 4.78 is 67.1. The molecule has 232 valence electrons. The maximum Gasteiger partial charge on any atom is 0.406 e. The first-order valence-corrected chi connectivity index (χ1v) is 13.6. The molecule has 13 heteroatoms. The molecule has 1 fully saturated rings. The SMILES string of the molecule is COCC(O)CN1CCC(Nc2cccc3c2cc(C#CCNc2ccc(C(=O)O)cc2OC)n3CC(F)(F)F)C(F)C1. The molecule has 4 N–H and O–H groups in total. The Hall–Kier alpha value is -3.99. The van der Waals surface area contributed by atoms with Gasteiger partial charge in [0.05, 0.1) is 54.9 Å². The molecule has 0 amide bonds. The van der Waals surface area contributed by atoms with Crippen LogP contribution in [0, 0.1) is 11.8 Å². The molecule has 9 nitrogen and oxygen atoms in total. The number of aliphatic hydroxyl groups is 1. The van der Waals surface area contributed by atoms with Gasteiger partial charge in [0, 0.05) is 37.8 Å². The van der Waals surface area contributed by atoms with Crippen molar-refractivity contribution < 1.29 is 42.0 Å². The molecule has 3 unspecified atom stereocenters. The topological polar surface area (TPSA) is 108 Å². The molecule has 1 aromatic heterocycles. The molecule has 0 radical (unpaired) electrons. The van der Waals surface area contributed by atoms with E-state index >= 15 is 4.39 Å². The van der Waals surface area contributed by atoms with E-state index in [1.54, 1.807) is 24.3 Å². The summed E-state index contributed by atoms with van der Waals surface area (Å²) in [5, 5.41) is 25.8. The van der Waals surface area contributed by atoms with Gasteiger partial charge in [0.25, 0.3) is 0 Å². The Bertz CT molecular complexity index is 1480. The van der Waals surface area contributed by atoms with Crippen molar-refractivity contribution in [2.45, 2.75) is 37.5 Å². The average Bonchev–Trinajstić information content (AvgIpc) is 3.29. The molecule has 1 saturated heterocycles. The number of aromatic carboxylic acids is 1. The Balaban J connectivity index is 1.53. The van der Waals surface area contributed by atoms with Crippen molar-refractivity contribution in [1.29, 1.82) is 0 Å². The van der Waals surface area contributed by atoms with E-state index < -0.39 is 37.0 Å². The summed E-state index contributed by atoms with van der Waals surface area (Å²) in [5.41, 5.74) is 1.46. The molecule has 0 saturated carbocycles. The van der Waals surface area contributed by atoms with Crippen LogP contribution in [0.5, 0.6) is 5.75 Å². The number of anilines is 2. The number of carbonyl (C=O) groups is 1. The highest BCUT2D eigenvalue weighted by molar-refractivity contribution is 5.94. The van der Waals surface area contributed by atoms with Gasteiger partial charge in [-0.05, 0) is 48.7 Å². The standard InChI is InChI=1S/C30H34F4N4O5/c1-42-17-21(39)15-37-12-10-25(23(31)16-37)36-24-6-3-7-27-22(24)14-20(38(27)18-30(32,33)34)5-4-11-35-26-9-8-19(29(40)41)13-28(26)43-2/h3,6-9,13-14,21,23,25,35-36,39H,10-12,15-18H2,1-2H3,(H,40,41). The zero-order chi connectivity index (χ0) is 31.1. The molecular weight excluding hydrogens is 572 g/mol. The van der Waals surface area contributed by atoms with Crippen LogP contribution in [0.15, 0.2) is 42.5 Å². The van der Waals surface area contributed by atoms with Crippen molar-refractivity contribution in [2.75, 3.05) is 57.6 Å². The van der Waals surface area contributed by atoms with Crippen molar-refractivity contribution in [2.24, 2.45) is 0 Å². The van der Waals surface area contributed by atoms with Crippen molar-refractivity contribution in [3.63, 3.8) is 0 Å². The number of alkyl halides is 4. The summed E-state index contributed by atoms with van der Waals surface area (Å²) in [7, 11) is 2.87. The van der Waals surface area contributed by atoms with Crippen LogP contribution in [-0.4, -0.2) is 97.1 Å². The monoisotopic (exact) mass is 606 g/mol. The zero-order valence-corrected chi connectivity index (χ0v) is 23.7. The molecule has 2 heterocycles. The Kier molecular flexibility index (Phi) is 10.4. The van der Waals surface area contributed by atoms with Crippen molar-refractivity contribution in [3.8, 4) is 17.6 Å². The normalized spacial score (nSPS) is 18.1. The number of aromatic nitrogens is 1. The number of carboxylic acids is 1. The number of ether oxygens (including phenoxy) is 2. The molecule has 43 heavy (non-hydrogen) atoms. The number of piperidine rings is 1. The van der Waals surface area contributed by atoms with Gasteiger partial charge in [-0.15, -0.1) is 0 Å². The minimum Gasteiger partial charge on any atom is -0.495 e. The van der Waals surface area contributed by atoms with Gasteiger partial charge in [-0.1, -0.05) is 12.0 Å². The lowest BCUT2D eigenvalue weighted by atomic mass is 10.0. The van der Waals surface area contributed by atoms with E-state index in [1.165, 1.54) is 32.4 Å². The molecular formula is C30H34F4N4O5. The highest BCUT2D eigenvalue weighted by Gasteiger charge is 2.32. The molecule has 0 spiro atoms. The van der Waals surface area contributed by atoms with Crippen molar-refractivity contribution in [1.82, 2.24) is 9.47 Å². The number of benzene rings is 2. The smallest absolute Gasteiger partial charge is 0.406 e. The predicted octanol–water partition coefficient (Wildman–Crippen LogP) is 4.21. The van der Waals surface area contributed by atoms with Crippen molar-refractivity contribution in [3.05, 3.63) is 53.7 Å². The van der Waals surface area contributed by atoms with Gasteiger partial charge < -0.3 is 34.9 Å². The van der Waals surface area contributed by atoms with E-state index in [0.29, 0.717) is 35.2 Å². The van der Waals surface area contributed by atoms with Crippen LogP contribution in [0.25, 0.3) is 10.9 Å². The minimum atomic E-state index is -4.51. The number of nitrogens with one attached hydrogen (secondary N) is 2. The second-order valence-corrected chi connectivity index (χ2v) is 10.3. The lowest BCUT2D eigenvalue weighted by Crippen LogP contribution is -2.50. The van der Waals surface area contributed by atoms with Crippen LogP contribution in [0.2, 0.25) is 0 Å². The number of hydrogen-bond donors (Lipinski definition) is 4. The number of fused-ring (bicyclic) bond motifs is 1. The third-order valence-corrected chi connectivity index (χ3v) is 7.11. The van der Waals surface area contributed by atoms with E-state index in [-0.39, 0.29) is 43.2 Å². The zero-order valence-electron chi connectivity index (χ0n) is 23.7. The first-order valence-electron chi connectivity index (χ1n) is 13.6. The van der Waals surface area contributed by atoms with Crippen LogP contribution in [0.4, 0.5) is 28.9 Å². The third kappa shape index (κ3) is 8.31. The van der Waals surface area contributed by atoms with Gasteiger partial charge in [-0.3, -0.25) is 4.90 Å². The van der Waals surface area contributed by atoms with Crippen LogP contribution in [0.3, 0.4) is 0 Å². The number of likely N-dealkylation sites (tertiary alicyclic amines) is 1. The van der Waals surface area contributed by atoms with Gasteiger partial charge in [0.1, 0.15) is 18.5 Å². The number of methoxy groups -OCH3 is 2. The van der Waals surface area contributed by atoms with Gasteiger partial charge in [0.2, 0.25) is 0 Å². The maximum absolute atomic E-state index is 15.1. The van der Waals surface area contributed by atoms with Gasteiger partial charge in [-0.2, -0.15) is 13.2 Å². The molecule has 3 atom stereocenters. The summed E-state index contributed by atoms with van der Waals surface area (Å²) in [4.78, 5) is 13.0. The van der Waals surface area contributed by atoms with E-state index in [0.717, 1.165) is 4.57 Å². The molecule has 1 aliphatic rings. The number of nitrogens with zero attached hydrogens (tertiary/aromatic N) is 2. The molecule has 3 aromatic rings. The number of rotatable bonds is 11. The van der Waals surface area contributed by atoms with E-state index in [2.05, 4.69) is 22.5 Å². The lowest BCUT2D eigenvalue weighted by molar-refractivity contribution is -0.140. The fourth-order valence-electron chi connectivity index (χ4n) is 5.15. The fraction of sp³-hybridized carbons (Fsp3) is 0.433. The van der Waals surface area contributed by atoms with Gasteiger partial charge >= 0.3 is 12.1 Å². The first-order chi connectivity index (χ1) is 20.5. The summed E-state index contributed by atoms with van der Waals surface area (Å²) in [6, 6.07) is 10.2. The maximum atomic E-state index is 15.1. The minimum absolute atomic E-state index is 0.0417. The van der Waals surface area contributed by atoms with E-state index in [4.69, 9.17) is 14.6 Å². The number of halogens is 4. The summed E-state index contributed by atoms with van der Waals surface area (Å²) in [6.07, 6.45) is -6.05. The quantitative estimate of drug-likeness (QED) is 0.190.